The minimum Gasteiger partial charge on any atom is -0.468 e. The molecule has 134 valence electrons. The van der Waals surface area contributed by atoms with E-state index in [2.05, 4.69) is 4.72 Å². The molecule has 0 bridgehead atoms. The molecule has 0 aliphatic rings. The lowest BCUT2D eigenvalue weighted by molar-refractivity contribution is 0.0993. The van der Waals surface area contributed by atoms with Crippen molar-refractivity contribution in [2.24, 2.45) is 0 Å². The van der Waals surface area contributed by atoms with Crippen LogP contribution in [0.1, 0.15) is 16.1 Å². The number of carbonyl (C=O) groups is 1. The van der Waals surface area contributed by atoms with Crippen LogP contribution in [0.3, 0.4) is 0 Å². The molecule has 1 N–H and O–H groups in total. The van der Waals surface area contributed by atoms with E-state index >= 15 is 0 Å². The number of benzene rings is 2. The molecule has 0 aliphatic carbocycles. The summed E-state index contributed by atoms with van der Waals surface area (Å²) in [6.45, 7) is 0.0391. The molecule has 7 heteroatoms. The number of furan rings is 1. The lowest BCUT2D eigenvalue weighted by Crippen LogP contribution is -2.27. The number of hydrogen-bond acceptors (Lipinski definition) is 4. The van der Waals surface area contributed by atoms with Crippen LogP contribution >= 0.6 is 0 Å². The molecule has 6 nitrogen and oxygen atoms in total. The molecule has 1 amide bonds. The summed E-state index contributed by atoms with van der Waals surface area (Å²) in [7, 11) is -2.12. The summed E-state index contributed by atoms with van der Waals surface area (Å²) in [5.74, 6) is 0.212. The Bertz CT molecular complexity index is 983. The topological polar surface area (TPSA) is 79.6 Å². The Morgan fingerprint density at radius 2 is 1.81 bits per heavy atom. The molecule has 0 unspecified atom stereocenters. The third-order valence-electron chi connectivity index (χ3n) is 3.86. The Morgan fingerprint density at radius 1 is 1.04 bits per heavy atom. The van der Waals surface area contributed by atoms with E-state index in [1.54, 1.807) is 31.3 Å². The zero-order valence-electron chi connectivity index (χ0n) is 14.1. The van der Waals surface area contributed by atoms with Crippen molar-refractivity contribution in [2.75, 3.05) is 11.9 Å². The predicted octanol–water partition coefficient (Wildman–Crippen LogP) is 3.03. The van der Waals surface area contributed by atoms with Gasteiger partial charge in [0.2, 0.25) is 10.0 Å². The summed E-state index contributed by atoms with van der Waals surface area (Å²) in [5, 5.41) is 0. The van der Waals surface area contributed by atoms with E-state index < -0.39 is 10.0 Å². The number of amides is 1. The van der Waals surface area contributed by atoms with Crippen LogP contribution in [0.25, 0.3) is 0 Å². The number of sulfonamides is 1. The van der Waals surface area contributed by atoms with Gasteiger partial charge >= 0.3 is 0 Å². The molecule has 2 aromatic carbocycles. The van der Waals surface area contributed by atoms with Gasteiger partial charge in [0, 0.05) is 18.3 Å². The zero-order valence-corrected chi connectivity index (χ0v) is 14.9. The molecule has 0 fully saturated rings. The third-order valence-corrected chi connectivity index (χ3v) is 5.25. The fraction of sp³-hybridized carbons (Fsp3) is 0.105. The quantitative estimate of drug-likeness (QED) is 0.723. The average Bonchev–Trinajstić information content (AvgIpc) is 3.20. The number of nitrogens with zero attached hydrogens (tertiary/aromatic N) is 1. The molecule has 0 aliphatic heterocycles. The molecule has 1 heterocycles. The molecule has 0 atom stereocenters. The van der Waals surface area contributed by atoms with Gasteiger partial charge in [-0.25, -0.2) is 13.1 Å². The van der Waals surface area contributed by atoms with Crippen molar-refractivity contribution in [3.05, 3.63) is 84.3 Å². The predicted molar refractivity (Wildman–Crippen MR) is 98.4 cm³/mol. The molecular weight excluding hydrogens is 352 g/mol. The highest BCUT2D eigenvalue weighted by Crippen LogP contribution is 2.17. The first-order valence-electron chi connectivity index (χ1n) is 7.92. The molecule has 3 aromatic rings. The van der Waals surface area contributed by atoms with Crippen LogP contribution < -0.4 is 9.62 Å². The molecule has 3 rings (SSSR count). The zero-order chi connectivity index (χ0) is 18.6. The van der Waals surface area contributed by atoms with Crippen molar-refractivity contribution < 1.29 is 17.6 Å². The molecule has 0 spiro atoms. The largest absolute Gasteiger partial charge is 0.468 e. The van der Waals surface area contributed by atoms with E-state index in [1.807, 2.05) is 30.3 Å². The van der Waals surface area contributed by atoms with Crippen molar-refractivity contribution in [3.63, 3.8) is 0 Å². The second-order valence-corrected chi connectivity index (χ2v) is 7.40. The van der Waals surface area contributed by atoms with Crippen LogP contribution in [0.4, 0.5) is 5.69 Å². The molecule has 26 heavy (non-hydrogen) atoms. The van der Waals surface area contributed by atoms with E-state index in [0.29, 0.717) is 5.76 Å². The van der Waals surface area contributed by atoms with Gasteiger partial charge in [0.1, 0.15) is 5.76 Å². The van der Waals surface area contributed by atoms with Gasteiger partial charge in [-0.2, -0.15) is 0 Å². The normalized spacial score (nSPS) is 11.3. The average molecular weight is 370 g/mol. The molecule has 1 aromatic heterocycles. The van der Waals surface area contributed by atoms with Gasteiger partial charge in [-0.1, -0.05) is 24.3 Å². The van der Waals surface area contributed by atoms with Crippen LogP contribution in [0.2, 0.25) is 0 Å². The van der Waals surface area contributed by atoms with Crippen LogP contribution in [-0.2, 0) is 16.6 Å². The maximum Gasteiger partial charge on any atom is 0.258 e. The SMILES string of the molecule is CN(C(=O)c1cccc(S(=O)(=O)NCc2ccco2)c1)c1ccccc1. The number of hydrogen-bond donors (Lipinski definition) is 1. The van der Waals surface area contributed by atoms with Crippen LogP contribution in [-0.4, -0.2) is 21.4 Å². The molecule has 0 saturated carbocycles. The van der Waals surface area contributed by atoms with Crippen molar-refractivity contribution in [3.8, 4) is 0 Å². The standard InChI is InChI=1S/C19H18N2O4S/c1-21(16-8-3-2-4-9-16)19(22)15-7-5-11-18(13-15)26(23,24)20-14-17-10-6-12-25-17/h2-13,20H,14H2,1H3. The van der Waals surface area contributed by atoms with Gasteiger partial charge in [-0.15, -0.1) is 0 Å². The van der Waals surface area contributed by atoms with Crippen LogP contribution in [0.5, 0.6) is 0 Å². The van der Waals surface area contributed by atoms with Gasteiger partial charge < -0.3 is 9.32 Å². The van der Waals surface area contributed by atoms with Crippen molar-refractivity contribution in [1.82, 2.24) is 4.72 Å². The Kier molecular flexibility index (Phi) is 5.20. The van der Waals surface area contributed by atoms with Gasteiger partial charge in [-0.3, -0.25) is 4.79 Å². The smallest absolute Gasteiger partial charge is 0.258 e. The van der Waals surface area contributed by atoms with Crippen LogP contribution in [0, 0.1) is 0 Å². The van der Waals surface area contributed by atoms with Gasteiger partial charge in [0.25, 0.3) is 5.91 Å². The number of nitrogens with one attached hydrogen (secondary N) is 1. The number of rotatable bonds is 6. The van der Waals surface area contributed by atoms with Gasteiger partial charge in [0.05, 0.1) is 17.7 Å². The maximum absolute atomic E-state index is 12.7. The first kappa shape index (κ1) is 17.9. The van der Waals surface area contributed by atoms with Gasteiger partial charge in [0.15, 0.2) is 0 Å². The summed E-state index contributed by atoms with van der Waals surface area (Å²) in [6, 6.07) is 18.5. The van der Waals surface area contributed by atoms with Gasteiger partial charge in [-0.05, 0) is 42.5 Å². The minimum atomic E-state index is -3.76. The Morgan fingerprint density at radius 3 is 2.50 bits per heavy atom. The summed E-state index contributed by atoms with van der Waals surface area (Å²) in [6.07, 6.45) is 1.47. The fourth-order valence-corrected chi connectivity index (χ4v) is 3.46. The number of para-hydroxylation sites is 1. The van der Waals surface area contributed by atoms with E-state index in [-0.39, 0.29) is 22.9 Å². The highest BCUT2D eigenvalue weighted by Gasteiger charge is 2.19. The second kappa shape index (κ2) is 7.55. The first-order valence-corrected chi connectivity index (χ1v) is 9.41. The summed E-state index contributed by atoms with van der Waals surface area (Å²) in [5.41, 5.74) is 1.01. The Balaban J connectivity index is 1.80. The second-order valence-electron chi connectivity index (χ2n) is 5.63. The Hall–Kier alpha value is -2.90. The first-order chi connectivity index (χ1) is 12.5. The lowest BCUT2D eigenvalue weighted by atomic mass is 10.2. The Labute approximate surface area is 152 Å². The van der Waals surface area contributed by atoms with Crippen molar-refractivity contribution in [1.29, 1.82) is 0 Å². The van der Waals surface area contributed by atoms with Crippen molar-refractivity contribution in [2.45, 2.75) is 11.4 Å². The highest BCUT2D eigenvalue weighted by atomic mass is 32.2. The maximum atomic E-state index is 12.7. The molecule has 0 radical (unpaired) electrons. The van der Waals surface area contributed by atoms with E-state index in [0.717, 1.165) is 5.69 Å². The summed E-state index contributed by atoms with van der Waals surface area (Å²) < 4.78 is 32.5. The van der Waals surface area contributed by atoms with E-state index in [9.17, 15) is 13.2 Å². The van der Waals surface area contributed by atoms with Crippen LogP contribution in [0.15, 0.2) is 82.3 Å². The number of anilines is 1. The van der Waals surface area contributed by atoms with E-state index in [4.69, 9.17) is 4.42 Å². The lowest BCUT2D eigenvalue weighted by Gasteiger charge is -2.17. The summed E-state index contributed by atoms with van der Waals surface area (Å²) >= 11 is 0. The number of carbonyl (C=O) groups excluding carboxylic acids is 1. The fourth-order valence-electron chi connectivity index (χ4n) is 2.42. The minimum absolute atomic E-state index is 0.0244. The molecule has 0 saturated heterocycles. The molecular formula is C19H18N2O4S. The van der Waals surface area contributed by atoms with Crippen molar-refractivity contribution >= 4 is 21.6 Å². The monoisotopic (exact) mass is 370 g/mol. The highest BCUT2D eigenvalue weighted by molar-refractivity contribution is 7.89. The third kappa shape index (κ3) is 4.01. The van der Waals surface area contributed by atoms with E-state index in [1.165, 1.54) is 23.3 Å². The summed E-state index contributed by atoms with van der Waals surface area (Å²) in [4.78, 5) is 14.2.